The first-order valence-electron chi connectivity index (χ1n) is 4.69. The van der Waals surface area contributed by atoms with Gasteiger partial charge >= 0.3 is 103 Å². The fraction of sp³-hybridized carbons (Fsp3) is 1.00. The summed E-state index contributed by atoms with van der Waals surface area (Å²) in [7, 11) is -5.17. The van der Waals surface area contributed by atoms with Crippen LogP contribution in [0.4, 0.5) is 0 Å². The second-order valence-corrected chi connectivity index (χ2v) is 3.72. The van der Waals surface area contributed by atoms with E-state index in [0.29, 0.717) is 6.61 Å². The second kappa shape index (κ2) is 20.4. The van der Waals surface area contributed by atoms with E-state index in [-0.39, 0.29) is 103 Å². The summed E-state index contributed by atoms with van der Waals surface area (Å²) in [5.41, 5.74) is 0. The topological polar surface area (TPSA) is 100 Å². The predicted octanol–water partition coefficient (Wildman–Crippen LogP) is -4.99. The third-order valence-electron chi connectivity index (χ3n) is 1.51. The third kappa shape index (κ3) is 53.5. The van der Waals surface area contributed by atoms with Crippen molar-refractivity contribution in [2.45, 2.75) is 45.4 Å². The number of rotatable bonds is 6. The Morgan fingerprint density at radius 1 is 0.938 bits per heavy atom. The van der Waals surface area contributed by atoms with Gasteiger partial charge in [-0.2, -0.15) is 0 Å². The van der Waals surface area contributed by atoms with Crippen molar-refractivity contribution < 1.29 is 125 Å². The maximum absolute atomic E-state index is 8.52. The minimum atomic E-state index is -5.17. The van der Waals surface area contributed by atoms with Crippen molar-refractivity contribution in [3.63, 3.8) is 0 Å². The zero-order valence-electron chi connectivity index (χ0n) is 10.4. The molecule has 0 aromatic rings. The Labute approximate surface area is 184 Å². The molecule has 0 aromatic heterocycles. The summed E-state index contributed by atoms with van der Waals surface area (Å²) < 4.78 is 34.1. The van der Waals surface area contributed by atoms with E-state index in [2.05, 4.69) is 6.92 Å². The van der Waals surface area contributed by atoms with Gasteiger partial charge in [-0.3, -0.25) is 8.42 Å². The van der Waals surface area contributed by atoms with Crippen LogP contribution in [0.3, 0.4) is 0 Å². The van der Waals surface area contributed by atoms with Gasteiger partial charge in [-0.05, 0) is 6.42 Å². The van der Waals surface area contributed by atoms with Crippen molar-refractivity contribution >= 4 is 10.4 Å². The molecule has 0 saturated carbocycles. The SMILES string of the molecule is CCCCCCCCO.O=S(=O)([O-])[O-].[K+].[K+]. The largest absolute Gasteiger partial charge is 1.00 e. The van der Waals surface area contributed by atoms with Crippen LogP contribution in [0.1, 0.15) is 45.4 Å². The molecule has 0 aliphatic carbocycles. The molecule has 0 unspecified atom stereocenters. The van der Waals surface area contributed by atoms with Gasteiger partial charge in [0.15, 0.2) is 0 Å². The Morgan fingerprint density at radius 2 is 1.25 bits per heavy atom. The van der Waals surface area contributed by atoms with Crippen LogP contribution in [0, 0.1) is 0 Å². The maximum Gasteiger partial charge on any atom is 1.00 e. The first-order chi connectivity index (χ1) is 6.41. The van der Waals surface area contributed by atoms with E-state index in [1.807, 2.05) is 0 Å². The molecule has 0 rings (SSSR count). The van der Waals surface area contributed by atoms with Crippen LogP contribution in [0.25, 0.3) is 0 Å². The molecule has 8 heteroatoms. The minimum absolute atomic E-state index is 0. The van der Waals surface area contributed by atoms with Gasteiger partial charge in [0, 0.05) is 17.0 Å². The molecular formula is C8H18K2O5S. The van der Waals surface area contributed by atoms with Crippen molar-refractivity contribution in [1.29, 1.82) is 0 Å². The number of hydrogen-bond acceptors (Lipinski definition) is 5. The molecule has 1 N–H and O–H groups in total. The molecule has 0 aliphatic rings. The average molecular weight is 304 g/mol. The average Bonchev–Trinajstić information content (AvgIpc) is 2.01. The van der Waals surface area contributed by atoms with Crippen molar-refractivity contribution in [3.8, 4) is 0 Å². The van der Waals surface area contributed by atoms with Gasteiger partial charge in [-0.1, -0.05) is 39.0 Å². The molecular weight excluding hydrogens is 286 g/mol. The molecule has 0 amide bonds. The molecule has 0 aliphatic heterocycles. The Balaban J connectivity index is -0.0000000904. The summed E-state index contributed by atoms with van der Waals surface area (Å²) in [6.45, 7) is 2.58. The number of unbranched alkanes of at least 4 members (excludes halogenated alkanes) is 5. The fourth-order valence-corrected chi connectivity index (χ4v) is 0.892. The summed E-state index contributed by atoms with van der Waals surface area (Å²) in [6, 6.07) is 0. The van der Waals surface area contributed by atoms with Gasteiger partial charge in [0.25, 0.3) is 0 Å². The van der Waals surface area contributed by atoms with Gasteiger partial charge in [0.05, 0.1) is 0 Å². The molecule has 0 saturated heterocycles. The van der Waals surface area contributed by atoms with Crippen molar-refractivity contribution in [3.05, 3.63) is 0 Å². The minimum Gasteiger partial charge on any atom is -0.759 e. The number of hydrogen-bond donors (Lipinski definition) is 1. The Hall–Kier alpha value is 3.10. The van der Waals surface area contributed by atoms with Crippen LogP contribution in [-0.2, 0) is 10.4 Å². The molecule has 0 bridgehead atoms. The van der Waals surface area contributed by atoms with Gasteiger partial charge in [-0.25, -0.2) is 0 Å². The van der Waals surface area contributed by atoms with E-state index < -0.39 is 10.4 Å². The molecule has 0 radical (unpaired) electrons. The van der Waals surface area contributed by atoms with E-state index in [1.165, 1.54) is 32.1 Å². The van der Waals surface area contributed by atoms with E-state index in [0.717, 1.165) is 6.42 Å². The summed E-state index contributed by atoms with van der Waals surface area (Å²) in [5, 5.41) is 8.42. The zero-order valence-corrected chi connectivity index (χ0v) is 17.5. The van der Waals surface area contributed by atoms with Crippen LogP contribution >= 0.6 is 0 Å². The Bertz CT molecular complexity index is 183. The first-order valence-corrected chi connectivity index (χ1v) is 6.02. The quantitative estimate of drug-likeness (QED) is 0.229. The van der Waals surface area contributed by atoms with Gasteiger partial charge in [0.1, 0.15) is 0 Å². The maximum atomic E-state index is 8.52. The van der Waals surface area contributed by atoms with Crippen molar-refractivity contribution in [2.75, 3.05) is 6.61 Å². The number of aliphatic hydroxyl groups is 1. The molecule has 0 aromatic carbocycles. The number of aliphatic hydroxyl groups excluding tert-OH is 1. The molecule has 0 atom stereocenters. The first kappa shape index (κ1) is 27.4. The predicted molar refractivity (Wildman–Crippen MR) is 50.9 cm³/mol. The molecule has 88 valence electrons. The van der Waals surface area contributed by atoms with Gasteiger partial charge in [-0.15, -0.1) is 0 Å². The van der Waals surface area contributed by atoms with Crippen LogP contribution in [0.15, 0.2) is 0 Å². The molecule has 0 spiro atoms. The summed E-state index contributed by atoms with van der Waals surface area (Å²) in [5.74, 6) is 0. The summed E-state index contributed by atoms with van der Waals surface area (Å²) in [4.78, 5) is 0. The Kier molecular flexibility index (Phi) is 35.0. The zero-order chi connectivity index (χ0) is 11.4. The smallest absolute Gasteiger partial charge is 0.759 e. The fourth-order valence-electron chi connectivity index (χ4n) is 0.892. The van der Waals surface area contributed by atoms with Crippen LogP contribution < -0.4 is 103 Å². The van der Waals surface area contributed by atoms with E-state index in [9.17, 15) is 0 Å². The molecule has 5 nitrogen and oxygen atoms in total. The van der Waals surface area contributed by atoms with Gasteiger partial charge in [0.2, 0.25) is 0 Å². The molecule has 0 fully saturated rings. The van der Waals surface area contributed by atoms with Crippen LogP contribution in [0.2, 0.25) is 0 Å². The van der Waals surface area contributed by atoms with Crippen molar-refractivity contribution in [2.24, 2.45) is 0 Å². The summed E-state index contributed by atoms with van der Waals surface area (Å²) >= 11 is 0. The molecule has 16 heavy (non-hydrogen) atoms. The summed E-state index contributed by atoms with van der Waals surface area (Å²) in [6.07, 6.45) is 7.50. The standard InChI is InChI=1S/C8H18O.2K.H2O4S/c1-2-3-4-5-6-7-8-9;;;1-5(2,3)4/h9H,2-8H2,1H3;;;(H2,1,2,3,4)/q;2*+1;/p-2. The van der Waals surface area contributed by atoms with Crippen LogP contribution in [-0.4, -0.2) is 29.2 Å². The normalized spacial score (nSPS) is 9.25. The van der Waals surface area contributed by atoms with E-state index in [4.69, 9.17) is 22.6 Å². The van der Waals surface area contributed by atoms with E-state index in [1.54, 1.807) is 0 Å². The van der Waals surface area contributed by atoms with Crippen molar-refractivity contribution in [1.82, 2.24) is 0 Å². The Morgan fingerprint density at radius 3 is 1.56 bits per heavy atom. The third-order valence-corrected chi connectivity index (χ3v) is 1.51. The van der Waals surface area contributed by atoms with Crippen LogP contribution in [0.5, 0.6) is 0 Å². The second-order valence-electron chi connectivity index (χ2n) is 2.90. The van der Waals surface area contributed by atoms with E-state index >= 15 is 0 Å². The molecule has 0 heterocycles. The van der Waals surface area contributed by atoms with Gasteiger partial charge < -0.3 is 14.2 Å². The monoisotopic (exact) mass is 304 g/mol.